The third-order valence-electron chi connectivity index (χ3n) is 7.59. The average molecular weight is 465 g/mol. The number of nitrogens with zero attached hydrogens (tertiary/aromatic N) is 2. The molecular weight excluding hydrogens is 416 g/mol. The summed E-state index contributed by atoms with van der Waals surface area (Å²) < 4.78 is 5.93. The van der Waals surface area contributed by atoms with Crippen molar-refractivity contribution in [2.75, 3.05) is 6.61 Å². The fraction of sp³-hybridized carbons (Fsp3) is 0.677. The second-order valence-electron chi connectivity index (χ2n) is 10.5. The molecule has 3 rings (SSSR count). The van der Waals surface area contributed by atoms with Gasteiger partial charge in [-0.2, -0.15) is 0 Å². The molecule has 1 heterocycles. The molecule has 0 bridgehead atoms. The number of unbranched alkanes of at least 4 members (excludes halogenated alkanes) is 7. The van der Waals surface area contributed by atoms with Crippen LogP contribution in [0.4, 0.5) is 0 Å². The summed E-state index contributed by atoms with van der Waals surface area (Å²) >= 11 is 0. The summed E-state index contributed by atoms with van der Waals surface area (Å²) in [6, 6.07) is 8.25. The maximum atomic E-state index is 5.93. The summed E-state index contributed by atoms with van der Waals surface area (Å²) in [5.41, 5.74) is 2.32. The van der Waals surface area contributed by atoms with E-state index in [1.54, 1.807) is 0 Å². The second-order valence-corrected chi connectivity index (χ2v) is 10.5. The maximum Gasteiger partial charge on any atom is 0.159 e. The first kappa shape index (κ1) is 26.7. The van der Waals surface area contributed by atoms with Crippen LogP contribution in [0.5, 0.6) is 5.75 Å². The van der Waals surface area contributed by atoms with Crippen molar-refractivity contribution in [2.45, 2.75) is 117 Å². The van der Waals surface area contributed by atoms with Crippen LogP contribution in [-0.2, 0) is 6.42 Å². The van der Waals surface area contributed by atoms with Crippen LogP contribution in [0.2, 0.25) is 0 Å². The fourth-order valence-corrected chi connectivity index (χ4v) is 5.35. The number of aryl methyl sites for hydroxylation is 1. The molecule has 0 unspecified atom stereocenters. The summed E-state index contributed by atoms with van der Waals surface area (Å²) in [5, 5.41) is 0. The zero-order valence-corrected chi connectivity index (χ0v) is 21.9. The minimum Gasteiger partial charge on any atom is -0.494 e. The van der Waals surface area contributed by atoms with Crippen molar-refractivity contribution < 1.29 is 4.74 Å². The Bertz CT molecular complexity index is 763. The highest BCUT2D eigenvalue weighted by Gasteiger charge is 2.20. The van der Waals surface area contributed by atoms with Gasteiger partial charge in [-0.15, -0.1) is 0 Å². The molecule has 34 heavy (non-hydrogen) atoms. The summed E-state index contributed by atoms with van der Waals surface area (Å²) in [5.74, 6) is 3.63. The van der Waals surface area contributed by atoms with Crippen molar-refractivity contribution in [1.29, 1.82) is 0 Å². The van der Waals surface area contributed by atoms with E-state index in [1.807, 2.05) is 24.5 Å². The normalized spacial score (nSPS) is 18.2. The van der Waals surface area contributed by atoms with Gasteiger partial charge in [-0.05, 0) is 60.9 Å². The van der Waals surface area contributed by atoms with Crippen molar-refractivity contribution in [3.63, 3.8) is 0 Å². The molecule has 3 heteroatoms. The predicted octanol–water partition coefficient (Wildman–Crippen LogP) is 9.20. The van der Waals surface area contributed by atoms with Gasteiger partial charge in [-0.3, -0.25) is 0 Å². The lowest BCUT2D eigenvalue weighted by atomic mass is 9.78. The quantitative estimate of drug-likeness (QED) is 0.232. The predicted molar refractivity (Wildman–Crippen MR) is 144 cm³/mol. The Hall–Kier alpha value is -1.90. The molecule has 3 nitrogen and oxygen atoms in total. The first-order valence-electron chi connectivity index (χ1n) is 14.3. The molecule has 1 aromatic heterocycles. The van der Waals surface area contributed by atoms with Gasteiger partial charge in [0.1, 0.15) is 5.75 Å². The summed E-state index contributed by atoms with van der Waals surface area (Å²) in [6.07, 6.45) is 25.5. The first-order valence-corrected chi connectivity index (χ1v) is 14.3. The Morgan fingerprint density at radius 3 is 1.91 bits per heavy atom. The monoisotopic (exact) mass is 464 g/mol. The zero-order chi connectivity index (χ0) is 23.8. The van der Waals surface area contributed by atoms with Crippen LogP contribution >= 0.6 is 0 Å². The van der Waals surface area contributed by atoms with E-state index >= 15 is 0 Å². The Labute approximate surface area is 209 Å². The van der Waals surface area contributed by atoms with Gasteiger partial charge in [-0.25, -0.2) is 9.97 Å². The van der Waals surface area contributed by atoms with Gasteiger partial charge in [-0.1, -0.05) is 97.3 Å². The van der Waals surface area contributed by atoms with Crippen molar-refractivity contribution in [3.8, 4) is 17.1 Å². The van der Waals surface area contributed by atoms with E-state index in [0.29, 0.717) is 0 Å². The SMILES string of the molecule is CCCCCCCCCCOc1ccc(-c2ncc(CCC3CCC(CCC)CC3)cn2)cc1. The molecule has 0 aliphatic heterocycles. The molecular formula is C31H48N2O. The smallest absolute Gasteiger partial charge is 0.159 e. The van der Waals surface area contributed by atoms with Gasteiger partial charge >= 0.3 is 0 Å². The van der Waals surface area contributed by atoms with E-state index < -0.39 is 0 Å². The Morgan fingerprint density at radius 1 is 0.706 bits per heavy atom. The van der Waals surface area contributed by atoms with E-state index in [-0.39, 0.29) is 0 Å². The molecule has 1 fully saturated rings. The van der Waals surface area contributed by atoms with E-state index in [0.717, 1.165) is 48.4 Å². The first-order chi connectivity index (χ1) is 16.8. The Morgan fingerprint density at radius 2 is 1.29 bits per heavy atom. The Kier molecular flexibility index (Phi) is 12.5. The van der Waals surface area contributed by atoms with Gasteiger partial charge in [0.2, 0.25) is 0 Å². The van der Waals surface area contributed by atoms with Crippen LogP contribution in [0.15, 0.2) is 36.7 Å². The van der Waals surface area contributed by atoms with Crippen LogP contribution < -0.4 is 4.74 Å². The number of hydrogen-bond acceptors (Lipinski definition) is 3. The number of hydrogen-bond donors (Lipinski definition) is 0. The summed E-state index contributed by atoms with van der Waals surface area (Å²) in [4.78, 5) is 9.30. The van der Waals surface area contributed by atoms with Crippen molar-refractivity contribution in [2.24, 2.45) is 11.8 Å². The second kappa shape index (κ2) is 15.9. The molecule has 0 radical (unpaired) electrons. The van der Waals surface area contributed by atoms with Crippen molar-refractivity contribution in [1.82, 2.24) is 9.97 Å². The minimum absolute atomic E-state index is 0.804. The Balaban J connectivity index is 1.32. The van der Waals surface area contributed by atoms with Crippen molar-refractivity contribution in [3.05, 3.63) is 42.2 Å². The minimum atomic E-state index is 0.804. The summed E-state index contributed by atoms with van der Waals surface area (Å²) in [7, 11) is 0. The van der Waals surface area contributed by atoms with Crippen LogP contribution in [0.1, 0.15) is 116 Å². The number of benzene rings is 1. The number of rotatable bonds is 16. The maximum absolute atomic E-state index is 5.93. The van der Waals surface area contributed by atoms with Gasteiger partial charge in [0.25, 0.3) is 0 Å². The molecule has 1 aliphatic rings. The lowest BCUT2D eigenvalue weighted by Gasteiger charge is -2.28. The molecule has 0 atom stereocenters. The zero-order valence-electron chi connectivity index (χ0n) is 21.9. The van der Waals surface area contributed by atoms with Crippen LogP contribution in [0.25, 0.3) is 11.4 Å². The highest BCUT2D eigenvalue weighted by atomic mass is 16.5. The molecule has 0 amide bonds. The fourth-order valence-electron chi connectivity index (χ4n) is 5.35. The standard InChI is InChI=1S/C31H48N2O/c1-3-5-6-7-8-9-10-11-23-34-30-21-19-29(20-22-30)31-32-24-28(25-33-31)18-17-27-15-13-26(12-4-2)14-16-27/h19-22,24-27H,3-18,23H2,1-2H3. The average Bonchev–Trinajstić information content (AvgIpc) is 2.88. The van der Waals surface area contributed by atoms with E-state index in [2.05, 4.69) is 35.9 Å². The van der Waals surface area contributed by atoms with Crippen LogP contribution in [0, 0.1) is 11.8 Å². The molecule has 1 saturated carbocycles. The summed E-state index contributed by atoms with van der Waals surface area (Å²) in [6.45, 7) is 5.39. The lowest BCUT2D eigenvalue weighted by Crippen LogP contribution is -2.15. The number of ether oxygens (including phenoxy) is 1. The lowest BCUT2D eigenvalue weighted by molar-refractivity contribution is 0.252. The molecule has 2 aromatic rings. The molecule has 0 saturated heterocycles. The van der Waals surface area contributed by atoms with E-state index in [9.17, 15) is 0 Å². The topological polar surface area (TPSA) is 35.0 Å². The molecule has 1 aromatic carbocycles. The van der Waals surface area contributed by atoms with Gasteiger partial charge in [0, 0.05) is 18.0 Å². The van der Waals surface area contributed by atoms with Gasteiger partial charge in [0.15, 0.2) is 5.82 Å². The molecule has 188 valence electrons. The van der Waals surface area contributed by atoms with Crippen molar-refractivity contribution >= 4 is 0 Å². The highest BCUT2D eigenvalue weighted by molar-refractivity contribution is 5.55. The molecule has 1 aliphatic carbocycles. The molecule has 0 N–H and O–H groups in total. The van der Waals surface area contributed by atoms with Gasteiger partial charge in [0.05, 0.1) is 6.61 Å². The van der Waals surface area contributed by atoms with Crippen LogP contribution in [-0.4, -0.2) is 16.6 Å². The van der Waals surface area contributed by atoms with E-state index in [1.165, 1.54) is 95.5 Å². The van der Waals surface area contributed by atoms with Gasteiger partial charge < -0.3 is 4.74 Å². The highest BCUT2D eigenvalue weighted by Crippen LogP contribution is 2.33. The van der Waals surface area contributed by atoms with E-state index in [4.69, 9.17) is 4.74 Å². The third kappa shape index (κ3) is 9.76. The number of aromatic nitrogens is 2. The third-order valence-corrected chi connectivity index (χ3v) is 7.59. The largest absolute Gasteiger partial charge is 0.494 e. The van der Waals surface area contributed by atoms with Crippen LogP contribution in [0.3, 0.4) is 0 Å². The molecule has 0 spiro atoms.